The minimum Gasteiger partial charge on any atom is -0.495 e. The zero-order valence-corrected chi connectivity index (χ0v) is 16.3. The van der Waals surface area contributed by atoms with Crippen molar-refractivity contribution in [3.8, 4) is 5.75 Å². The van der Waals surface area contributed by atoms with Gasteiger partial charge in [-0.15, -0.1) is 0 Å². The summed E-state index contributed by atoms with van der Waals surface area (Å²) in [5.74, 6) is 0.959. The molecule has 0 spiro atoms. The van der Waals surface area contributed by atoms with Gasteiger partial charge < -0.3 is 9.30 Å². The number of ether oxygens (including phenoxy) is 1. The van der Waals surface area contributed by atoms with Crippen molar-refractivity contribution in [2.75, 3.05) is 7.11 Å². The zero-order chi connectivity index (χ0) is 18.0. The summed E-state index contributed by atoms with van der Waals surface area (Å²) in [6, 6.07) is 12.6. The van der Waals surface area contributed by atoms with Crippen molar-refractivity contribution in [1.82, 2.24) is 14.3 Å². The van der Waals surface area contributed by atoms with Crippen LogP contribution in [0.4, 0.5) is 0 Å². The maximum absolute atomic E-state index is 12.7. The van der Waals surface area contributed by atoms with Crippen LogP contribution in [0.25, 0.3) is 11.0 Å². The van der Waals surface area contributed by atoms with Crippen LogP contribution in [-0.4, -0.2) is 25.1 Å². The van der Waals surface area contributed by atoms with Crippen molar-refractivity contribution in [2.24, 2.45) is 0 Å². The topological polar surface area (TPSA) is 73.2 Å². The smallest absolute Gasteiger partial charge is 0.244 e. The highest BCUT2D eigenvalue weighted by Crippen LogP contribution is 2.27. The second-order valence-electron chi connectivity index (χ2n) is 5.38. The van der Waals surface area contributed by atoms with E-state index in [-0.39, 0.29) is 11.4 Å². The average molecular weight is 424 g/mol. The van der Waals surface area contributed by atoms with Gasteiger partial charge in [0.2, 0.25) is 10.0 Å². The maximum Gasteiger partial charge on any atom is 0.244 e. The lowest BCUT2D eigenvalue weighted by Crippen LogP contribution is -2.25. The molecular formula is C17H18BrN3O3S. The number of sulfonamides is 1. The molecule has 0 unspecified atom stereocenters. The molecule has 0 aliphatic heterocycles. The normalized spacial score (nSPS) is 11.8. The van der Waals surface area contributed by atoms with Gasteiger partial charge in [-0.2, -0.15) is 0 Å². The number of aromatic nitrogens is 2. The van der Waals surface area contributed by atoms with Gasteiger partial charge in [0, 0.05) is 11.0 Å². The first kappa shape index (κ1) is 17.9. The number of nitrogens with zero attached hydrogens (tertiary/aromatic N) is 2. The molecule has 1 N–H and O–H groups in total. The number of aryl methyl sites for hydroxylation is 1. The first-order valence-electron chi connectivity index (χ1n) is 7.73. The Morgan fingerprint density at radius 2 is 2.00 bits per heavy atom. The molecule has 6 nitrogen and oxygen atoms in total. The van der Waals surface area contributed by atoms with E-state index in [1.165, 1.54) is 13.2 Å². The molecule has 1 aromatic heterocycles. The predicted octanol–water partition coefficient (Wildman–Crippen LogP) is 3.31. The summed E-state index contributed by atoms with van der Waals surface area (Å²) in [7, 11) is -2.30. The van der Waals surface area contributed by atoms with E-state index in [9.17, 15) is 8.42 Å². The molecule has 132 valence electrons. The summed E-state index contributed by atoms with van der Waals surface area (Å²) in [4.78, 5) is 4.62. The fraction of sp³-hybridized carbons (Fsp3) is 0.235. The SMILES string of the molecule is CCn1c(CNS(=O)(=O)c2cc(Br)ccc2OC)nc2ccccc21. The van der Waals surface area contributed by atoms with Gasteiger partial charge in [-0.25, -0.2) is 18.1 Å². The third-order valence-corrected chi connectivity index (χ3v) is 5.80. The molecule has 8 heteroatoms. The Morgan fingerprint density at radius 1 is 1.24 bits per heavy atom. The molecule has 0 aliphatic rings. The van der Waals surface area contributed by atoms with Crippen LogP contribution in [0, 0.1) is 0 Å². The van der Waals surface area contributed by atoms with Gasteiger partial charge >= 0.3 is 0 Å². The number of hydrogen-bond acceptors (Lipinski definition) is 4. The Bertz CT molecular complexity index is 1020. The summed E-state index contributed by atoms with van der Waals surface area (Å²) in [5, 5.41) is 0. The van der Waals surface area contributed by atoms with E-state index >= 15 is 0 Å². The lowest BCUT2D eigenvalue weighted by Gasteiger charge is -2.12. The fourth-order valence-corrected chi connectivity index (χ4v) is 4.40. The Labute approximate surface area is 155 Å². The number of hydrogen-bond donors (Lipinski definition) is 1. The number of fused-ring (bicyclic) bond motifs is 1. The van der Waals surface area contributed by atoms with Crippen molar-refractivity contribution in [2.45, 2.75) is 24.9 Å². The van der Waals surface area contributed by atoms with Crippen LogP contribution in [0.1, 0.15) is 12.7 Å². The first-order chi connectivity index (χ1) is 12.0. The van der Waals surface area contributed by atoms with Gasteiger partial charge in [0.15, 0.2) is 0 Å². The van der Waals surface area contributed by atoms with Gasteiger partial charge in [0.1, 0.15) is 16.5 Å². The van der Waals surface area contributed by atoms with Crippen molar-refractivity contribution < 1.29 is 13.2 Å². The van der Waals surface area contributed by atoms with E-state index in [0.29, 0.717) is 22.6 Å². The van der Waals surface area contributed by atoms with Crippen molar-refractivity contribution in [1.29, 1.82) is 0 Å². The second kappa shape index (κ2) is 7.15. The van der Waals surface area contributed by atoms with Crippen LogP contribution in [0.15, 0.2) is 51.8 Å². The lowest BCUT2D eigenvalue weighted by atomic mass is 10.3. The maximum atomic E-state index is 12.7. The summed E-state index contributed by atoms with van der Waals surface area (Å²) in [6.07, 6.45) is 0. The highest BCUT2D eigenvalue weighted by molar-refractivity contribution is 9.10. The number of rotatable bonds is 6. The predicted molar refractivity (Wildman–Crippen MR) is 100 cm³/mol. The molecule has 0 amide bonds. The van der Waals surface area contributed by atoms with Crippen LogP contribution in [-0.2, 0) is 23.1 Å². The Hall–Kier alpha value is -1.90. The van der Waals surface area contributed by atoms with E-state index < -0.39 is 10.0 Å². The number of nitrogens with one attached hydrogen (secondary N) is 1. The van der Waals surface area contributed by atoms with Crippen molar-refractivity contribution in [3.05, 3.63) is 52.8 Å². The molecule has 0 saturated heterocycles. The standard InChI is InChI=1S/C17H18BrN3O3S/c1-3-21-14-7-5-4-6-13(14)20-17(21)11-19-25(22,23)16-10-12(18)8-9-15(16)24-2/h4-10,19H,3,11H2,1-2H3. The van der Waals surface area contributed by atoms with Crippen molar-refractivity contribution in [3.63, 3.8) is 0 Å². The Balaban J connectivity index is 1.92. The van der Waals surface area contributed by atoms with Crippen molar-refractivity contribution >= 4 is 37.0 Å². The molecule has 0 fully saturated rings. The second-order valence-corrected chi connectivity index (χ2v) is 8.03. The monoisotopic (exact) mass is 423 g/mol. The summed E-state index contributed by atoms with van der Waals surface area (Å²) in [5.41, 5.74) is 1.83. The molecule has 3 aromatic rings. The Morgan fingerprint density at radius 3 is 2.72 bits per heavy atom. The highest BCUT2D eigenvalue weighted by Gasteiger charge is 2.21. The first-order valence-corrected chi connectivity index (χ1v) is 10.0. The molecule has 2 aromatic carbocycles. The highest BCUT2D eigenvalue weighted by atomic mass is 79.9. The average Bonchev–Trinajstić information content (AvgIpc) is 2.97. The van der Waals surface area contributed by atoms with Gasteiger partial charge in [-0.1, -0.05) is 28.1 Å². The van der Waals surface area contributed by atoms with E-state index in [4.69, 9.17) is 4.74 Å². The number of methoxy groups -OCH3 is 1. The summed E-state index contributed by atoms with van der Waals surface area (Å²) >= 11 is 3.30. The molecule has 25 heavy (non-hydrogen) atoms. The molecule has 0 saturated carbocycles. The van der Waals surface area contributed by atoms with Crippen LogP contribution in [0.5, 0.6) is 5.75 Å². The molecule has 1 heterocycles. The minimum absolute atomic E-state index is 0.0866. The largest absolute Gasteiger partial charge is 0.495 e. The fourth-order valence-electron chi connectivity index (χ4n) is 2.71. The lowest BCUT2D eigenvalue weighted by molar-refractivity contribution is 0.402. The number of imidazole rings is 1. The molecule has 0 radical (unpaired) electrons. The minimum atomic E-state index is -3.74. The summed E-state index contributed by atoms with van der Waals surface area (Å²) in [6.45, 7) is 2.81. The van der Waals surface area contributed by atoms with Gasteiger partial charge in [-0.05, 0) is 37.3 Å². The van der Waals surface area contributed by atoms with Crippen LogP contribution in [0.3, 0.4) is 0 Å². The van der Waals surface area contributed by atoms with Gasteiger partial charge in [-0.3, -0.25) is 0 Å². The quantitative estimate of drug-likeness (QED) is 0.659. The molecule has 0 atom stereocenters. The van der Waals surface area contributed by atoms with E-state index in [2.05, 4.69) is 25.6 Å². The van der Waals surface area contributed by atoms with E-state index in [1.54, 1.807) is 12.1 Å². The van der Waals surface area contributed by atoms with Crippen LogP contribution in [0.2, 0.25) is 0 Å². The van der Waals surface area contributed by atoms with Crippen LogP contribution < -0.4 is 9.46 Å². The summed E-state index contributed by atoms with van der Waals surface area (Å²) < 4.78 is 35.9. The third-order valence-electron chi connectivity index (χ3n) is 3.89. The van der Waals surface area contributed by atoms with Gasteiger partial charge in [0.05, 0.1) is 24.7 Å². The third kappa shape index (κ3) is 3.56. The number of para-hydroxylation sites is 2. The Kier molecular flexibility index (Phi) is 5.12. The zero-order valence-electron chi connectivity index (χ0n) is 13.9. The number of benzene rings is 2. The van der Waals surface area contributed by atoms with E-state index in [0.717, 1.165) is 11.0 Å². The molecular weight excluding hydrogens is 406 g/mol. The molecule has 0 bridgehead atoms. The molecule has 3 rings (SSSR count). The van der Waals surface area contributed by atoms with Crippen LogP contribution >= 0.6 is 15.9 Å². The van der Waals surface area contributed by atoms with Gasteiger partial charge in [0.25, 0.3) is 0 Å². The number of halogens is 1. The molecule has 0 aliphatic carbocycles. The van der Waals surface area contributed by atoms with E-state index in [1.807, 2.05) is 35.8 Å².